The fourth-order valence-electron chi connectivity index (χ4n) is 1.61. The van der Waals surface area contributed by atoms with E-state index in [0.29, 0.717) is 0 Å². The van der Waals surface area contributed by atoms with Gasteiger partial charge in [-0.1, -0.05) is 30.3 Å². The molecular formula is C11H18NO4P. The average Bonchev–Trinajstić information content (AvgIpc) is 2.27. The van der Waals surface area contributed by atoms with Crippen LogP contribution in [0.1, 0.15) is 25.5 Å². The predicted molar refractivity (Wildman–Crippen MR) is 65.5 cm³/mol. The molecule has 4 N–H and O–H groups in total. The van der Waals surface area contributed by atoms with E-state index in [1.165, 1.54) is 0 Å². The zero-order chi connectivity index (χ0) is 13.1. The molecule has 96 valence electrons. The van der Waals surface area contributed by atoms with Gasteiger partial charge in [-0.25, -0.2) is 0 Å². The van der Waals surface area contributed by atoms with E-state index in [1.54, 1.807) is 6.92 Å². The van der Waals surface area contributed by atoms with E-state index in [4.69, 9.17) is 9.79 Å². The molecule has 0 bridgehead atoms. The smallest absolute Gasteiger partial charge is 0.355 e. The molecule has 1 rings (SSSR count). The minimum atomic E-state index is -4.47. The Balaban J connectivity index is 2.64. The van der Waals surface area contributed by atoms with E-state index in [1.807, 2.05) is 37.3 Å². The van der Waals surface area contributed by atoms with Crippen LogP contribution in [0.2, 0.25) is 0 Å². The van der Waals surface area contributed by atoms with Crippen molar-refractivity contribution >= 4 is 7.60 Å². The second-order valence-electron chi connectivity index (χ2n) is 4.09. The molecule has 0 radical (unpaired) electrons. The Morgan fingerprint density at radius 2 is 1.71 bits per heavy atom. The second kappa shape index (κ2) is 5.76. The van der Waals surface area contributed by atoms with E-state index < -0.39 is 19.5 Å². The molecule has 6 heteroatoms. The van der Waals surface area contributed by atoms with Crippen LogP contribution in [0, 0.1) is 0 Å². The maximum atomic E-state index is 10.9. The highest BCUT2D eigenvalue weighted by Gasteiger charge is 2.32. The van der Waals surface area contributed by atoms with Crippen molar-refractivity contribution in [1.82, 2.24) is 5.32 Å². The Labute approximate surface area is 101 Å². The van der Waals surface area contributed by atoms with E-state index in [-0.39, 0.29) is 6.04 Å². The molecule has 0 amide bonds. The van der Waals surface area contributed by atoms with Crippen LogP contribution < -0.4 is 5.32 Å². The lowest BCUT2D eigenvalue weighted by Gasteiger charge is -2.25. The normalized spacial score (nSPS) is 17.5. The largest absolute Gasteiger partial charge is 0.379 e. The van der Waals surface area contributed by atoms with Crippen LogP contribution in [0.15, 0.2) is 30.3 Å². The Kier molecular flexibility index (Phi) is 4.86. The highest BCUT2D eigenvalue weighted by molar-refractivity contribution is 7.52. The lowest BCUT2D eigenvalue weighted by molar-refractivity contribution is 0.162. The molecule has 0 aliphatic heterocycles. The Morgan fingerprint density at radius 3 is 2.18 bits per heavy atom. The number of nitrogens with one attached hydrogen (secondary N) is 1. The molecule has 0 spiro atoms. The first-order chi connectivity index (χ1) is 7.82. The first kappa shape index (κ1) is 14.4. The molecular weight excluding hydrogens is 241 g/mol. The number of benzene rings is 1. The summed E-state index contributed by atoms with van der Waals surface area (Å²) in [5, 5.41) is 12.4. The Hall–Kier alpha value is -0.710. The Morgan fingerprint density at radius 1 is 1.18 bits per heavy atom. The summed E-state index contributed by atoms with van der Waals surface area (Å²) in [7, 11) is -4.47. The van der Waals surface area contributed by atoms with E-state index >= 15 is 0 Å². The van der Waals surface area contributed by atoms with Gasteiger partial charge in [0.2, 0.25) is 0 Å². The van der Waals surface area contributed by atoms with Gasteiger partial charge in [-0.05, 0) is 19.4 Å². The van der Waals surface area contributed by atoms with Crippen molar-refractivity contribution in [3.05, 3.63) is 35.9 Å². The maximum absolute atomic E-state index is 10.9. The molecule has 0 saturated carbocycles. The maximum Gasteiger partial charge on any atom is 0.355 e. The summed E-state index contributed by atoms with van der Waals surface area (Å²) < 4.78 is 10.9. The van der Waals surface area contributed by atoms with Gasteiger partial charge in [0.05, 0.1) is 0 Å². The van der Waals surface area contributed by atoms with Gasteiger partial charge in [0.15, 0.2) is 5.85 Å². The molecule has 1 aromatic carbocycles. The van der Waals surface area contributed by atoms with Gasteiger partial charge in [-0.2, -0.15) is 0 Å². The van der Waals surface area contributed by atoms with Crippen molar-refractivity contribution in [3.63, 3.8) is 0 Å². The summed E-state index contributed by atoms with van der Waals surface area (Å²) >= 11 is 0. The van der Waals surface area contributed by atoms with Crippen LogP contribution in [0.25, 0.3) is 0 Å². The van der Waals surface area contributed by atoms with Crippen molar-refractivity contribution in [2.24, 2.45) is 0 Å². The molecule has 5 nitrogen and oxygen atoms in total. The summed E-state index contributed by atoms with van der Waals surface area (Å²) in [4.78, 5) is 17.7. The second-order valence-corrected chi connectivity index (χ2v) is 5.80. The van der Waals surface area contributed by atoms with E-state index in [2.05, 4.69) is 5.32 Å². The van der Waals surface area contributed by atoms with Gasteiger partial charge in [-0.15, -0.1) is 0 Å². The first-order valence-corrected chi connectivity index (χ1v) is 7.05. The monoisotopic (exact) mass is 259 g/mol. The zero-order valence-corrected chi connectivity index (χ0v) is 10.7. The minimum Gasteiger partial charge on any atom is -0.379 e. The third kappa shape index (κ3) is 4.22. The van der Waals surface area contributed by atoms with Crippen molar-refractivity contribution in [1.29, 1.82) is 0 Å². The zero-order valence-electron chi connectivity index (χ0n) is 9.82. The average molecular weight is 259 g/mol. The van der Waals surface area contributed by atoms with Crippen LogP contribution in [0.5, 0.6) is 0 Å². The summed E-state index contributed by atoms with van der Waals surface area (Å²) in [5.74, 6) is -1.69. The minimum absolute atomic E-state index is 0.0904. The summed E-state index contributed by atoms with van der Waals surface area (Å²) in [5.41, 5.74) is 0.997. The van der Waals surface area contributed by atoms with E-state index in [9.17, 15) is 9.67 Å². The van der Waals surface area contributed by atoms with Gasteiger partial charge in [0, 0.05) is 12.1 Å². The predicted octanol–water partition coefficient (Wildman–Crippen LogP) is 1.22. The number of hydrogen-bond donors (Lipinski definition) is 4. The molecule has 0 aliphatic rings. The number of hydrogen-bond acceptors (Lipinski definition) is 3. The van der Waals surface area contributed by atoms with E-state index in [0.717, 1.165) is 5.56 Å². The number of rotatable bonds is 5. The van der Waals surface area contributed by atoms with Gasteiger partial charge in [0.25, 0.3) is 0 Å². The van der Waals surface area contributed by atoms with Crippen molar-refractivity contribution in [2.75, 3.05) is 0 Å². The lowest BCUT2D eigenvalue weighted by Crippen LogP contribution is -2.38. The fourth-order valence-corrected chi connectivity index (χ4v) is 2.28. The molecule has 0 aliphatic carbocycles. The standard InChI is InChI=1S/C11H18NO4P/c1-8(10-6-4-3-5-7-10)12-9(2)11(13)17(14,15)16/h3-9,11-13H,1-2H3,(H2,14,15,16)/t8-,9?,11?/m1/s1. The van der Waals surface area contributed by atoms with Crippen molar-refractivity contribution in [2.45, 2.75) is 31.8 Å². The van der Waals surface area contributed by atoms with Crippen LogP contribution in [0.4, 0.5) is 0 Å². The van der Waals surface area contributed by atoms with Crippen LogP contribution in [0.3, 0.4) is 0 Å². The molecule has 0 saturated heterocycles. The van der Waals surface area contributed by atoms with Gasteiger partial charge < -0.3 is 20.2 Å². The SMILES string of the molecule is CC(N[C@H](C)c1ccccc1)C(O)P(=O)(O)O. The fraction of sp³-hybridized carbons (Fsp3) is 0.455. The van der Waals surface area contributed by atoms with Gasteiger partial charge >= 0.3 is 7.60 Å². The quantitative estimate of drug-likeness (QED) is 0.597. The molecule has 2 unspecified atom stereocenters. The highest BCUT2D eigenvalue weighted by Crippen LogP contribution is 2.41. The van der Waals surface area contributed by atoms with Crippen LogP contribution in [-0.4, -0.2) is 26.8 Å². The molecule has 0 heterocycles. The number of aliphatic hydroxyl groups is 1. The molecule has 0 fully saturated rings. The van der Waals surface area contributed by atoms with Crippen molar-refractivity contribution in [3.8, 4) is 0 Å². The molecule has 17 heavy (non-hydrogen) atoms. The molecule has 0 aromatic heterocycles. The van der Waals surface area contributed by atoms with Crippen LogP contribution in [-0.2, 0) is 4.57 Å². The number of aliphatic hydroxyl groups excluding tert-OH is 1. The Bertz CT molecular complexity index is 392. The summed E-state index contributed by atoms with van der Waals surface area (Å²) in [6, 6.07) is 8.71. The third-order valence-electron chi connectivity index (χ3n) is 2.60. The summed E-state index contributed by atoms with van der Waals surface area (Å²) in [6.07, 6.45) is 0. The third-order valence-corrected chi connectivity index (χ3v) is 3.74. The van der Waals surface area contributed by atoms with Crippen LogP contribution >= 0.6 is 7.60 Å². The molecule has 3 atom stereocenters. The first-order valence-electron chi connectivity index (χ1n) is 5.36. The van der Waals surface area contributed by atoms with Crippen molar-refractivity contribution < 1.29 is 19.5 Å². The van der Waals surface area contributed by atoms with Gasteiger partial charge in [0.1, 0.15) is 0 Å². The summed E-state index contributed by atoms with van der Waals surface area (Å²) in [6.45, 7) is 3.42. The lowest BCUT2D eigenvalue weighted by atomic mass is 10.1. The highest BCUT2D eigenvalue weighted by atomic mass is 31.2. The van der Waals surface area contributed by atoms with Gasteiger partial charge in [-0.3, -0.25) is 4.57 Å². The molecule has 1 aromatic rings. The topological polar surface area (TPSA) is 89.8 Å².